The van der Waals surface area contributed by atoms with Crippen molar-refractivity contribution in [1.82, 2.24) is 25.0 Å². The van der Waals surface area contributed by atoms with Crippen molar-refractivity contribution in [3.8, 4) is 11.4 Å². The van der Waals surface area contributed by atoms with Gasteiger partial charge in [-0.3, -0.25) is 9.78 Å². The number of ether oxygens (including phenoxy) is 1. The van der Waals surface area contributed by atoms with E-state index in [9.17, 15) is 4.79 Å². The summed E-state index contributed by atoms with van der Waals surface area (Å²) in [5.74, 6) is 0.663. The quantitative estimate of drug-likeness (QED) is 0.718. The van der Waals surface area contributed by atoms with Gasteiger partial charge in [-0.15, -0.1) is 0 Å². The van der Waals surface area contributed by atoms with Crippen LogP contribution in [0, 0.1) is 0 Å². The number of rotatable bonds is 3. The van der Waals surface area contributed by atoms with Crippen LogP contribution in [0.2, 0.25) is 0 Å². The number of nitrogens with zero attached hydrogens (tertiary/aromatic N) is 5. The predicted octanol–water partition coefficient (Wildman–Crippen LogP) is 1.74. The summed E-state index contributed by atoms with van der Waals surface area (Å²) >= 11 is 0. The molecule has 1 aliphatic rings. The largest absolute Gasteiger partial charge is 0.365 e. The van der Waals surface area contributed by atoms with Crippen molar-refractivity contribution in [2.75, 3.05) is 19.7 Å². The number of aromatic nitrogens is 4. The van der Waals surface area contributed by atoms with E-state index in [1.54, 1.807) is 4.90 Å². The Morgan fingerprint density at radius 1 is 1.20 bits per heavy atom. The van der Waals surface area contributed by atoms with Gasteiger partial charge in [0.15, 0.2) is 6.10 Å². The molecule has 4 rings (SSSR count). The van der Waals surface area contributed by atoms with Crippen LogP contribution in [0.25, 0.3) is 11.4 Å². The van der Waals surface area contributed by atoms with E-state index in [0.29, 0.717) is 37.1 Å². The van der Waals surface area contributed by atoms with E-state index >= 15 is 0 Å². The molecule has 0 spiro atoms. The summed E-state index contributed by atoms with van der Waals surface area (Å²) in [5.41, 5.74) is 1.17. The number of carbonyl (C=O) groups is 1. The normalized spacial score (nSPS) is 17.4. The lowest BCUT2D eigenvalue weighted by Crippen LogP contribution is -2.42. The van der Waals surface area contributed by atoms with Crippen LogP contribution in [0.4, 0.5) is 0 Å². The van der Waals surface area contributed by atoms with Crippen molar-refractivity contribution in [3.63, 3.8) is 0 Å². The second-order valence-electron chi connectivity index (χ2n) is 5.52. The minimum absolute atomic E-state index is 0.191. The van der Waals surface area contributed by atoms with Crippen LogP contribution in [-0.4, -0.2) is 50.6 Å². The monoisotopic (exact) mass is 337 g/mol. The lowest BCUT2D eigenvalue weighted by Gasteiger charge is -2.30. The van der Waals surface area contributed by atoms with E-state index in [2.05, 4.69) is 20.1 Å². The number of morpholine rings is 1. The standard InChI is InChI=1S/C17H15N5O3/c23-17(13-10-18-6-7-19-13)22-8-9-24-14(11-22)16-20-15(21-25-16)12-4-2-1-3-5-12/h1-7,10,14H,8-9,11H2. The molecule has 1 aliphatic heterocycles. The second kappa shape index (κ2) is 6.78. The van der Waals surface area contributed by atoms with Crippen molar-refractivity contribution >= 4 is 5.91 Å². The van der Waals surface area contributed by atoms with Crippen LogP contribution < -0.4 is 0 Å². The van der Waals surface area contributed by atoms with Gasteiger partial charge in [-0.1, -0.05) is 35.5 Å². The molecule has 1 aromatic carbocycles. The third-order valence-corrected chi connectivity index (χ3v) is 3.89. The maximum Gasteiger partial charge on any atom is 0.274 e. The molecule has 2 aromatic heterocycles. The average Bonchev–Trinajstić information content (AvgIpc) is 3.19. The fraction of sp³-hybridized carbons (Fsp3) is 0.235. The third-order valence-electron chi connectivity index (χ3n) is 3.89. The number of benzene rings is 1. The third kappa shape index (κ3) is 3.24. The lowest BCUT2D eigenvalue weighted by atomic mass is 10.2. The van der Waals surface area contributed by atoms with Gasteiger partial charge in [0.05, 0.1) is 19.3 Å². The summed E-state index contributed by atoms with van der Waals surface area (Å²) in [6.07, 6.45) is 4.02. The first-order valence-electron chi connectivity index (χ1n) is 7.87. The molecule has 0 bridgehead atoms. The number of hydrogen-bond donors (Lipinski definition) is 0. The summed E-state index contributed by atoms with van der Waals surface area (Å²) in [5, 5.41) is 4.00. The number of carbonyl (C=O) groups excluding carboxylic acids is 1. The Morgan fingerprint density at radius 2 is 2.08 bits per heavy atom. The maximum absolute atomic E-state index is 12.5. The average molecular weight is 337 g/mol. The van der Waals surface area contributed by atoms with E-state index in [1.807, 2.05) is 30.3 Å². The van der Waals surface area contributed by atoms with E-state index in [1.165, 1.54) is 18.6 Å². The summed E-state index contributed by atoms with van der Waals surface area (Å²) < 4.78 is 11.0. The Bertz CT molecular complexity index is 853. The predicted molar refractivity (Wildman–Crippen MR) is 86.4 cm³/mol. The van der Waals surface area contributed by atoms with Crippen LogP contribution in [-0.2, 0) is 4.74 Å². The Morgan fingerprint density at radius 3 is 2.88 bits per heavy atom. The van der Waals surface area contributed by atoms with Crippen LogP contribution in [0.3, 0.4) is 0 Å². The molecule has 1 amide bonds. The Hall–Kier alpha value is -3.13. The zero-order chi connectivity index (χ0) is 17.1. The van der Waals surface area contributed by atoms with E-state index in [4.69, 9.17) is 9.26 Å². The zero-order valence-electron chi connectivity index (χ0n) is 13.3. The Labute approximate surface area is 143 Å². The number of hydrogen-bond acceptors (Lipinski definition) is 7. The van der Waals surface area contributed by atoms with Gasteiger partial charge in [-0.25, -0.2) is 4.98 Å². The molecule has 0 radical (unpaired) electrons. The van der Waals surface area contributed by atoms with Crippen molar-refractivity contribution in [2.24, 2.45) is 0 Å². The first kappa shape index (κ1) is 15.4. The molecular formula is C17H15N5O3. The summed E-state index contributed by atoms with van der Waals surface area (Å²) in [6.45, 7) is 1.19. The van der Waals surface area contributed by atoms with Gasteiger partial charge in [0.25, 0.3) is 11.8 Å². The van der Waals surface area contributed by atoms with Gasteiger partial charge in [0, 0.05) is 24.5 Å². The molecule has 0 saturated carbocycles. The molecule has 0 N–H and O–H groups in total. The van der Waals surface area contributed by atoms with Gasteiger partial charge < -0.3 is 14.2 Å². The summed E-state index contributed by atoms with van der Waals surface area (Å²) in [7, 11) is 0. The van der Waals surface area contributed by atoms with Gasteiger partial charge in [0.1, 0.15) is 5.69 Å². The fourth-order valence-electron chi connectivity index (χ4n) is 2.63. The smallest absolute Gasteiger partial charge is 0.274 e. The summed E-state index contributed by atoms with van der Waals surface area (Å²) in [4.78, 5) is 26.5. The van der Waals surface area contributed by atoms with Crippen LogP contribution >= 0.6 is 0 Å². The van der Waals surface area contributed by atoms with Gasteiger partial charge in [-0.05, 0) is 0 Å². The second-order valence-corrected chi connectivity index (χ2v) is 5.52. The van der Waals surface area contributed by atoms with Crippen molar-refractivity contribution < 1.29 is 14.1 Å². The Balaban J connectivity index is 1.50. The molecule has 8 heteroatoms. The molecular weight excluding hydrogens is 322 g/mol. The highest BCUT2D eigenvalue weighted by Crippen LogP contribution is 2.24. The minimum atomic E-state index is -0.459. The Kier molecular flexibility index (Phi) is 4.17. The molecule has 25 heavy (non-hydrogen) atoms. The van der Waals surface area contributed by atoms with E-state index < -0.39 is 6.10 Å². The molecule has 0 aliphatic carbocycles. The van der Waals surface area contributed by atoms with Crippen molar-refractivity contribution in [3.05, 3.63) is 60.5 Å². The zero-order valence-corrected chi connectivity index (χ0v) is 13.3. The van der Waals surface area contributed by atoms with Gasteiger partial charge in [-0.2, -0.15) is 4.98 Å². The highest BCUT2D eigenvalue weighted by Gasteiger charge is 2.30. The number of amides is 1. The van der Waals surface area contributed by atoms with Gasteiger partial charge >= 0.3 is 0 Å². The molecule has 126 valence electrons. The molecule has 3 aromatic rings. The minimum Gasteiger partial charge on any atom is -0.365 e. The SMILES string of the molecule is O=C(c1cnccn1)N1CCOC(c2nc(-c3ccccc3)no2)C1. The maximum atomic E-state index is 12.5. The fourth-order valence-corrected chi connectivity index (χ4v) is 2.63. The van der Waals surface area contributed by atoms with Crippen LogP contribution in [0.15, 0.2) is 53.4 Å². The first-order chi connectivity index (χ1) is 12.3. The molecule has 1 fully saturated rings. The topological polar surface area (TPSA) is 94.2 Å². The first-order valence-corrected chi connectivity index (χ1v) is 7.87. The van der Waals surface area contributed by atoms with Crippen molar-refractivity contribution in [2.45, 2.75) is 6.10 Å². The summed E-state index contributed by atoms with van der Waals surface area (Å²) in [6, 6.07) is 9.54. The van der Waals surface area contributed by atoms with E-state index in [0.717, 1.165) is 5.56 Å². The van der Waals surface area contributed by atoms with Gasteiger partial charge in [0.2, 0.25) is 5.82 Å². The molecule has 1 saturated heterocycles. The van der Waals surface area contributed by atoms with Crippen molar-refractivity contribution in [1.29, 1.82) is 0 Å². The van der Waals surface area contributed by atoms with Crippen LogP contribution in [0.5, 0.6) is 0 Å². The molecule has 1 atom stereocenters. The molecule has 1 unspecified atom stereocenters. The lowest BCUT2D eigenvalue weighted by molar-refractivity contribution is -0.0369. The highest BCUT2D eigenvalue weighted by molar-refractivity contribution is 5.92. The molecule has 3 heterocycles. The highest BCUT2D eigenvalue weighted by atomic mass is 16.5. The molecule has 8 nitrogen and oxygen atoms in total. The van der Waals surface area contributed by atoms with E-state index in [-0.39, 0.29) is 5.91 Å². The van der Waals surface area contributed by atoms with Crippen LogP contribution in [0.1, 0.15) is 22.5 Å².